The Morgan fingerprint density at radius 3 is 2.68 bits per heavy atom. The summed E-state index contributed by atoms with van der Waals surface area (Å²) >= 11 is 0. The van der Waals surface area contributed by atoms with Crippen LogP contribution in [0.3, 0.4) is 0 Å². The number of ether oxygens (including phenoxy) is 1. The fraction of sp³-hybridized carbons (Fsp3) is 0.462. The average molecular weight is 306 g/mol. The molecule has 0 saturated heterocycles. The first-order valence-electron chi connectivity index (χ1n) is 5.94. The van der Waals surface area contributed by atoms with E-state index in [1.165, 1.54) is 5.52 Å². The second-order valence-electron chi connectivity index (χ2n) is 4.01. The molecule has 6 heteroatoms. The van der Waals surface area contributed by atoms with E-state index in [4.69, 9.17) is 4.74 Å². The number of halogens is 2. The number of rotatable bonds is 6. The van der Waals surface area contributed by atoms with Crippen LogP contribution in [0, 0.1) is 0 Å². The summed E-state index contributed by atoms with van der Waals surface area (Å²) in [6, 6.07) is 8.25. The second-order valence-corrected chi connectivity index (χ2v) is 4.01. The Morgan fingerprint density at radius 1 is 1.26 bits per heavy atom. The normalized spacial score (nSPS) is 10.0. The number of fused-ring (bicyclic) bond motifs is 1. The van der Waals surface area contributed by atoms with Gasteiger partial charge in [-0.1, -0.05) is 12.1 Å². The third-order valence-electron chi connectivity index (χ3n) is 2.85. The van der Waals surface area contributed by atoms with Gasteiger partial charge in [0.2, 0.25) is 0 Å². The molecule has 19 heavy (non-hydrogen) atoms. The van der Waals surface area contributed by atoms with Gasteiger partial charge >= 0.3 is 0 Å². The Hall–Kier alpha value is -0.810. The number of hydrogen-bond donors (Lipinski definition) is 1. The summed E-state index contributed by atoms with van der Waals surface area (Å²) in [6.45, 7) is 2.51. The lowest BCUT2D eigenvalue weighted by atomic mass is 10.3. The molecular weight excluding hydrogens is 285 g/mol. The summed E-state index contributed by atoms with van der Waals surface area (Å²) < 4.78 is 7.41. The molecule has 2 aromatic rings. The Kier molecular flexibility index (Phi) is 8.76. The Labute approximate surface area is 126 Å². The molecule has 0 spiro atoms. The van der Waals surface area contributed by atoms with Gasteiger partial charge in [0.1, 0.15) is 5.82 Å². The molecule has 1 N–H and O–H groups in total. The highest BCUT2D eigenvalue weighted by Crippen LogP contribution is 2.16. The van der Waals surface area contributed by atoms with E-state index in [1.807, 2.05) is 13.1 Å². The van der Waals surface area contributed by atoms with E-state index in [0.717, 1.165) is 30.9 Å². The SMILES string of the molecule is CNCCc1nc2ccccc2n1CCOC.Cl.Cl. The van der Waals surface area contributed by atoms with Crippen molar-refractivity contribution in [2.45, 2.75) is 13.0 Å². The van der Waals surface area contributed by atoms with Crippen LogP contribution in [0.1, 0.15) is 5.82 Å². The van der Waals surface area contributed by atoms with Gasteiger partial charge in [-0.3, -0.25) is 0 Å². The molecule has 0 aliphatic carbocycles. The molecule has 2 rings (SSSR count). The molecule has 0 bridgehead atoms. The van der Waals surface area contributed by atoms with Gasteiger partial charge in [-0.15, -0.1) is 24.8 Å². The summed E-state index contributed by atoms with van der Waals surface area (Å²) in [5.74, 6) is 1.12. The highest BCUT2D eigenvalue weighted by Gasteiger charge is 2.09. The van der Waals surface area contributed by atoms with Crippen LogP contribution in [0.2, 0.25) is 0 Å². The number of methoxy groups -OCH3 is 1. The zero-order valence-electron chi connectivity index (χ0n) is 11.3. The monoisotopic (exact) mass is 305 g/mol. The molecular formula is C13H21Cl2N3O. The maximum absolute atomic E-state index is 5.16. The van der Waals surface area contributed by atoms with E-state index in [-0.39, 0.29) is 24.8 Å². The van der Waals surface area contributed by atoms with Crippen LogP contribution in [0.4, 0.5) is 0 Å². The molecule has 1 heterocycles. The number of para-hydroxylation sites is 2. The predicted molar refractivity (Wildman–Crippen MR) is 83.7 cm³/mol. The van der Waals surface area contributed by atoms with Crippen LogP contribution in [0.5, 0.6) is 0 Å². The highest BCUT2D eigenvalue weighted by atomic mass is 35.5. The van der Waals surface area contributed by atoms with Gasteiger partial charge in [-0.2, -0.15) is 0 Å². The van der Waals surface area contributed by atoms with Crippen molar-refractivity contribution in [2.24, 2.45) is 0 Å². The molecule has 0 saturated carbocycles. The Bertz CT molecular complexity index is 488. The van der Waals surface area contributed by atoms with E-state index in [2.05, 4.69) is 33.1 Å². The van der Waals surface area contributed by atoms with Gasteiger partial charge in [-0.05, 0) is 19.2 Å². The molecule has 0 unspecified atom stereocenters. The van der Waals surface area contributed by atoms with E-state index in [0.29, 0.717) is 6.61 Å². The van der Waals surface area contributed by atoms with Crippen LogP contribution in [0.15, 0.2) is 24.3 Å². The highest BCUT2D eigenvalue weighted by molar-refractivity contribution is 5.85. The zero-order chi connectivity index (χ0) is 12.1. The maximum Gasteiger partial charge on any atom is 0.111 e. The summed E-state index contributed by atoms with van der Waals surface area (Å²) in [4.78, 5) is 4.67. The van der Waals surface area contributed by atoms with Gasteiger partial charge < -0.3 is 14.6 Å². The number of imidazole rings is 1. The van der Waals surface area contributed by atoms with Gasteiger partial charge in [0.25, 0.3) is 0 Å². The summed E-state index contributed by atoms with van der Waals surface area (Å²) in [5, 5.41) is 3.16. The van der Waals surface area contributed by atoms with Gasteiger partial charge in [0, 0.05) is 26.6 Å². The van der Waals surface area contributed by atoms with Crippen molar-refractivity contribution < 1.29 is 4.74 Å². The summed E-state index contributed by atoms with van der Waals surface area (Å²) in [7, 11) is 3.69. The van der Waals surface area contributed by atoms with Crippen LogP contribution >= 0.6 is 24.8 Å². The first-order chi connectivity index (χ1) is 8.36. The summed E-state index contributed by atoms with van der Waals surface area (Å²) in [6.07, 6.45) is 0.939. The smallest absolute Gasteiger partial charge is 0.111 e. The molecule has 0 atom stereocenters. The molecule has 108 valence electrons. The largest absolute Gasteiger partial charge is 0.383 e. The van der Waals surface area contributed by atoms with Gasteiger partial charge in [-0.25, -0.2) is 4.98 Å². The van der Waals surface area contributed by atoms with Crippen molar-refractivity contribution in [2.75, 3.05) is 27.3 Å². The zero-order valence-corrected chi connectivity index (χ0v) is 12.9. The molecule has 1 aromatic carbocycles. The first kappa shape index (κ1) is 18.2. The minimum atomic E-state index is 0. The molecule has 0 radical (unpaired) electrons. The van der Waals surface area contributed by atoms with Gasteiger partial charge in [0.15, 0.2) is 0 Å². The van der Waals surface area contributed by atoms with Crippen molar-refractivity contribution in [3.8, 4) is 0 Å². The predicted octanol–water partition coefficient (Wildman–Crippen LogP) is 2.29. The van der Waals surface area contributed by atoms with Crippen LogP contribution in [-0.4, -0.2) is 36.9 Å². The molecule has 1 aromatic heterocycles. The van der Waals surface area contributed by atoms with Crippen molar-refractivity contribution >= 4 is 35.8 Å². The summed E-state index contributed by atoms with van der Waals surface area (Å²) in [5.41, 5.74) is 2.25. The molecule has 0 aliphatic heterocycles. The molecule has 0 fully saturated rings. The minimum absolute atomic E-state index is 0. The van der Waals surface area contributed by atoms with Crippen molar-refractivity contribution in [3.05, 3.63) is 30.1 Å². The van der Waals surface area contributed by atoms with Crippen molar-refractivity contribution in [1.82, 2.24) is 14.9 Å². The topological polar surface area (TPSA) is 39.1 Å². The fourth-order valence-corrected chi connectivity index (χ4v) is 1.99. The number of nitrogens with zero attached hydrogens (tertiary/aromatic N) is 2. The van der Waals surface area contributed by atoms with Gasteiger partial charge in [0.05, 0.1) is 17.6 Å². The second kappa shape index (κ2) is 9.15. The Balaban J connectivity index is 0.00000162. The third kappa shape index (κ3) is 4.35. The van der Waals surface area contributed by atoms with Crippen molar-refractivity contribution in [1.29, 1.82) is 0 Å². The number of hydrogen-bond acceptors (Lipinski definition) is 3. The number of likely N-dealkylation sites (N-methyl/N-ethyl adjacent to an activating group) is 1. The van der Waals surface area contributed by atoms with Crippen molar-refractivity contribution in [3.63, 3.8) is 0 Å². The standard InChI is InChI=1S/C13H19N3O.2ClH/c1-14-8-7-13-15-11-5-3-4-6-12(11)16(13)9-10-17-2;;/h3-6,14H,7-10H2,1-2H3;2*1H. The number of aromatic nitrogens is 2. The van der Waals surface area contributed by atoms with Crippen LogP contribution < -0.4 is 5.32 Å². The fourth-order valence-electron chi connectivity index (χ4n) is 1.99. The first-order valence-corrected chi connectivity index (χ1v) is 5.94. The molecule has 4 nitrogen and oxygen atoms in total. The van der Waals surface area contributed by atoms with E-state index in [9.17, 15) is 0 Å². The minimum Gasteiger partial charge on any atom is -0.383 e. The molecule has 0 aliphatic rings. The quantitative estimate of drug-likeness (QED) is 0.890. The van der Waals surface area contributed by atoms with Crippen LogP contribution in [-0.2, 0) is 17.7 Å². The lowest BCUT2D eigenvalue weighted by molar-refractivity contribution is 0.187. The molecule has 0 amide bonds. The average Bonchev–Trinajstić information content (AvgIpc) is 2.71. The van der Waals surface area contributed by atoms with E-state index in [1.54, 1.807) is 7.11 Å². The maximum atomic E-state index is 5.16. The van der Waals surface area contributed by atoms with E-state index >= 15 is 0 Å². The number of nitrogens with one attached hydrogen (secondary N) is 1. The lowest BCUT2D eigenvalue weighted by Gasteiger charge is -2.08. The lowest BCUT2D eigenvalue weighted by Crippen LogP contribution is -2.15. The van der Waals surface area contributed by atoms with E-state index < -0.39 is 0 Å². The Morgan fingerprint density at radius 2 is 2.00 bits per heavy atom. The third-order valence-corrected chi connectivity index (χ3v) is 2.85. The number of benzene rings is 1. The van der Waals surface area contributed by atoms with Crippen LogP contribution in [0.25, 0.3) is 11.0 Å².